The summed E-state index contributed by atoms with van der Waals surface area (Å²) in [5.41, 5.74) is 4.28. The number of carbonyl (C=O) groups is 1. The molecule has 6 heteroatoms. The first kappa shape index (κ1) is 18.5. The lowest BCUT2D eigenvalue weighted by Gasteiger charge is -2.35. The quantitative estimate of drug-likeness (QED) is 0.752. The predicted octanol–water partition coefficient (Wildman–Crippen LogP) is 3.68. The monoisotopic (exact) mass is 378 g/mol. The maximum absolute atomic E-state index is 13.4. The SMILES string of the molecule is Cc1cc(C)n2ncc(C(=O)N3CCCCC3CCc3ccc(O)cc3)c2n1. The Kier molecular flexibility index (Phi) is 5.03. The Morgan fingerprint density at radius 3 is 2.79 bits per heavy atom. The van der Waals surface area contributed by atoms with Crippen molar-refractivity contribution in [2.24, 2.45) is 0 Å². The van der Waals surface area contributed by atoms with Gasteiger partial charge in [-0.1, -0.05) is 12.1 Å². The van der Waals surface area contributed by atoms with Crippen molar-refractivity contribution in [2.75, 3.05) is 6.54 Å². The summed E-state index contributed by atoms with van der Waals surface area (Å²) in [6, 6.07) is 9.52. The zero-order valence-corrected chi connectivity index (χ0v) is 16.4. The summed E-state index contributed by atoms with van der Waals surface area (Å²) in [5.74, 6) is 0.312. The second-order valence-electron chi connectivity index (χ2n) is 7.69. The van der Waals surface area contributed by atoms with Crippen LogP contribution in [0.1, 0.15) is 53.0 Å². The number of nitrogens with zero attached hydrogens (tertiary/aromatic N) is 4. The van der Waals surface area contributed by atoms with Crippen LogP contribution in [0.2, 0.25) is 0 Å². The van der Waals surface area contributed by atoms with Crippen molar-refractivity contribution in [3.05, 3.63) is 59.0 Å². The maximum atomic E-state index is 13.4. The summed E-state index contributed by atoms with van der Waals surface area (Å²) in [4.78, 5) is 19.9. The van der Waals surface area contributed by atoms with Crippen LogP contribution in [-0.4, -0.2) is 43.1 Å². The van der Waals surface area contributed by atoms with Gasteiger partial charge in [-0.25, -0.2) is 9.50 Å². The van der Waals surface area contributed by atoms with E-state index >= 15 is 0 Å². The zero-order chi connectivity index (χ0) is 19.7. The molecule has 0 radical (unpaired) electrons. The second kappa shape index (κ2) is 7.62. The van der Waals surface area contributed by atoms with E-state index in [1.54, 1.807) is 22.8 Å². The van der Waals surface area contributed by atoms with E-state index in [9.17, 15) is 9.90 Å². The molecular weight excluding hydrogens is 352 g/mol. The molecule has 3 aromatic rings. The number of benzene rings is 1. The normalized spacial score (nSPS) is 17.2. The highest BCUT2D eigenvalue weighted by molar-refractivity contribution is 5.99. The molecule has 2 aromatic heterocycles. The molecule has 0 spiro atoms. The summed E-state index contributed by atoms with van der Waals surface area (Å²) in [6.45, 7) is 4.70. The van der Waals surface area contributed by atoms with Crippen molar-refractivity contribution in [1.29, 1.82) is 0 Å². The molecule has 1 N–H and O–H groups in total. The Morgan fingerprint density at radius 1 is 1.21 bits per heavy atom. The number of fused-ring (bicyclic) bond motifs is 1. The Labute approximate surface area is 164 Å². The first-order valence-electron chi connectivity index (χ1n) is 9.94. The van der Waals surface area contributed by atoms with Crippen LogP contribution in [0.4, 0.5) is 0 Å². The van der Waals surface area contributed by atoms with E-state index < -0.39 is 0 Å². The van der Waals surface area contributed by atoms with Gasteiger partial charge in [-0.3, -0.25) is 4.79 Å². The van der Waals surface area contributed by atoms with Gasteiger partial charge in [0.15, 0.2) is 5.65 Å². The van der Waals surface area contributed by atoms with Crippen molar-refractivity contribution < 1.29 is 9.90 Å². The number of phenols is 1. The van der Waals surface area contributed by atoms with Crippen LogP contribution >= 0.6 is 0 Å². The van der Waals surface area contributed by atoms with Gasteiger partial charge in [-0.05, 0) is 69.7 Å². The lowest BCUT2D eigenvalue weighted by Crippen LogP contribution is -2.44. The van der Waals surface area contributed by atoms with Gasteiger partial charge in [0, 0.05) is 24.0 Å². The van der Waals surface area contributed by atoms with Gasteiger partial charge < -0.3 is 10.0 Å². The van der Waals surface area contributed by atoms with Gasteiger partial charge in [-0.15, -0.1) is 0 Å². The van der Waals surface area contributed by atoms with E-state index in [0.29, 0.717) is 11.2 Å². The van der Waals surface area contributed by atoms with E-state index in [2.05, 4.69) is 10.1 Å². The number of piperidine rings is 1. The molecule has 1 amide bonds. The number of phenolic OH excluding ortho intramolecular Hbond substituents is 1. The Hall–Kier alpha value is -2.89. The highest BCUT2D eigenvalue weighted by atomic mass is 16.3. The van der Waals surface area contributed by atoms with Gasteiger partial charge in [0.05, 0.1) is 6.20 Å². The number of likely N-dealkylation sites (tertiary alicyclic amines) is 1. The molecular formula is C22H26N4O2. The maximum Gasteiger partial charge on any atom is 0.259 e. The zero-order valence-electron chi connectivity index (χ0n) is 16.4. The number of aromatic nitrogens is 3. The fourth-order valence-corrected chi connectivity index (χ4v) is 4.14. The van der Waals surface area contributed by atoms with Gasteiger partial charge in [0.1, 0.15) is 11.3 Å². The molecule has 1 aromatic carbocycles. The highest BCUT2D eigenvalue weighted by Gasteiger charge is 2.29. The number of rotatable bonds is 4. The number of aryl methyl sites for hydroxylation is 3. The molecule has 0 saturated carbocycles. The molecule has 1 aliphatic rings. The third kappa shape index (κ3) is 3.59. The summed E-state index contributed by atoms with van der Waals surface area (Å²) >= 11 is 0. The predicted molar refractivity (Wildman–Crippen MR) is 108 cm³/mol. The van der Waals surface area contributed by atoms with E-state index in [4.69, 9.17) is 0 Å². The highest BCUT2D eigenvalue weighted by Crippen LogP contribution is 2.25. The van der Waals surface area contributed by atoms with Crippen LogP contribution in [-0.2, 0) is 6.42 Å². The number of hydrogen-bond acceptors (Lipinski definition) is 4. The fraction of sp³-hybridized carbons (Fsp3) is 0.409. The molecule has 1 saturated heterocycles. The molecule has 1 unspecified atom stereocenters. The molecule has 1 aliphatic heterocycles. The van der Waals surface area contributed by atoms with Crippen LogP contribution < -0.4 is 0 Å². The van der Waals surface area contributed by atoms with Crippen LogP contribution in [0.5, 0.6) is 5.75 Å². The number of carbonyl (C=O) groups excluding carboxylic acids is 1. The molecule has 4 rings (SSSR count). The Bertz CT molecular complexity index is 994. The topological polar surface area (TPSA) is 70.7 Å². The van der Waals surface area contributed by atoms with Gasteiger partial charge in [0.25, 0.3) is 5.91 Å². The van der Waals surface area contributed by atoms with Gasteiger partial charge >= 0.3 is 0 Å². The fourth-order valence-electron chi connectivity index (χ4n) is 4.14. The minimum absolute atomic E-state index is 0.0305. The average molecular weight is 378 g/mol. The van der Waals surface area contributed by atoms with Crippen molar-refractivity contribution in [3.8, 4) is 5.75 Å². The lowest BCUT2D eigenvalue weighted by atomic mass is 9.95. The molecule has 1 atom stereocenters. The number of aromatic hydroxyl groups is 1. The molecule has 6 nitrogen and oxygen atoms in total. The van der Waals surface area contributed by atoms with Crippen LogP contribution in [0.3, 0.4) is 0 Å². The third-order valence-corrected chi connectivity index (χ3v) is 5.60. The largest absolute Gasteiger partial charge is 0.508 e. The summed E-state index contributed by atoms with van der Waals surface area (Å²) < 4.78 is 1.75. The molecule has 3 heterocycles. The summed E-state index contributed by atoms with van der Waals surface area (Å²) in [7, 11) is 0. The molecule has 146 valence electrons. The van der Waals surface area contributed by atoms with Crippen LogP contribution in [0, 0.1) is 13.8 Å². The summed E-state index contributed by atoms with van der Waals surface area (Å²) in [5, 5.41) is 13.8. The number of amides is 1. The summed E-state index contributed by atoms with van der Waals surface area (Å²) in [6.07, 6.45) is 6.67. The molecule has 0 aliphatic carbocycles. The van der Waals surface area contributed by atoms with E-state index in [1.807, 2.05) is 36.9 Å². The average Bonchev–Trinajstić information content (AvgIpc) is 3.11. The van der Waals surface area contributed by atoms with E-state index in [-0.39, 0.29) is 17.7 Å². The molecule has 1 fully saturated rings. The number of hydrogen-bond donors (Lipinski definition) is 1. The first-order valence-corrected chi connectivity index (χ1v) is 9.94. The minimum Gasteiger partial charge on any atom is -0.508 e. The molecule has 28 heavy (non-hydrogen) atoms. The minimum atomic E-state index is 0.0305. The Balaban J connectivity index is 1.55. The first-order chi connectivity index (χ1) is 13.5. The van der Waals surface area contributed by atoms with Crippen molar-refractivity contribution in [2.45, 2.75) is 52.0 Å². The van der Waals surface area contributed by atoms with Crippen LogP contribution in [0.25, 0.3) is 5.65 Å². The molecule has 0 bridgehead atoms. The van der Waals surface area contributed by atoms with E-state index in [1.165, 1.54) is 5.56 Å². The van der Waals surface area contributed by atoms with Gasteiger partial charge in [0.2, 0.25) is 0 Å². The lowest BCUT2D eigenvalue weighted by molar-refractivity contribution is 0.0603. The standard InChI is InChI=1S/C22H26N4O2/c1-15-13-16(2)26-21(24-15)20(14-23-26)22(28)25-12-4-3-5-18(25)9-6-17-7-10-19(27)11-8-17/h7-8,10-11,13-14,18,27H,3-6,9,12H2,1-2H3. The van der Waals surface area contributed by atoms with Gasteiger partial charge in [-0.2, -0.15) is 5.10 Å². The van der Waals surface area contributed by atoms with Crippen molar-refractivity contribution in [3.63, 3.8) is 0 Å². The van der Waals surface area contributed by atoms with E-state index in [0.717, 1.165) is 50.0 Å². The van der Waals surface area contributed by atoms with Crippen molar-refractivity contribution in [1.82, 2.24) is 19.5 Å². The van der Waals surface area contributed by atoms with Crippen LogP contribution in [0.15, 0.2) is 36.5 Å². The second-order valence-corrected chi connectivity index (χ2v) is 7.69. The third-order valence-electron chi connectivity index (χ3n) is 5.60. The Morgan fingerprint density at radius 2 is 2.00 bits per heavy atom. The van der Waals surface area contributed by atoms with Crippen molar-refractivity contribution >= 4 is 11.6 Å². The smallest absolute Gasteiger partial charge is 0.259 e.